The van der Waals surface area contributed by atoms with Crippen molar-refractivity contribution in [2.75, 3.05) is 7.11 Å². The third-order valence-corrected chi connectivity index (χ3v) is 2.98. The maximum Gasteiger partial charge on any atom is 0.137 e. The smallest absolute Gasteiger partial charge is 0.137 e. The van der Waals surface area contributed by atoms with Crippen LogP contribution in [0.15, 0.2) is 18.5 Å². The number of aromatic nitrogens is 1. The number of alkyl halides is 1. The molecule has 13 heavy (non-hydrogen) atoms. The summed E-state index contributed by atoms with van der Waals surface area (Å²) in [5.74, 6) is 1.26. The molecule has 0 saturated heterocycles. The Labute approximate surface area is 87.5 Å². The monoisotopic (exact) mass is 243 g/mol. The van der Waals surface area contributed by atoms with E-state index in [2.05, 4.69) is 34.8 Å². The van der Waals surface area contributed by atoms with E-state index in [0.717, 1.165) is 5.75 Å². The number of hydrogen-bond acceptors (Lipinski definition) is 2. The van der Waals surface area contributed by atoms with E-state index in [1.165, 1.54) is 5.56 Å². The first-order valence-electron chi connectivity index (χ1n) is 4.28. The zero-order chi connectivity index (χ0) is 9.84. The Hall–Kier alpha value is -0.570. The van der Waals surface area contributed by atoms with Crippen molar-refractivity contribution in [3.63, 3.8) is 0 Å². The lowest BCUT2D eigenvalue weighted by molar-refractivity contribution is 0.412. The molecule has 1 aromatic heterocycles. The molecule has 1 heterocycles. The number of methoxy groups -OCH3 is 1. The topological polar surface area (TPSA) is 22.1 Å². The van der Waals surface area contributed by atoms with Gasteiger partial charge in [0.25, 0.3) is 0 Å². The van der Waals surface area contributed by atoms with Crippen LogP contribution in [0, 0.1) is 0 Å². The van der Waals surface area contributed by atoms with Crippen molar-refractivity contribution >= 4 is 15.9 Å². The molecule has 0 N–H and O–H groups in total. The molecular weight excluding hydrogens is 230 g/mol. The molecule has 1 rings (SSSR count). The summed E-state index contributed by atoms with van der Waals surface area (Å²) in [5.41, 5.74) is 1.20. The Kier molecular flexibility index (Phi) is 3.72. The average Bonchev–Trinajstić information content (AvgIpc) is 2.16. The Balaban J connectivity index is 2.88. The second-order valence-corrected chi connectivity index (χ2v) is 4.57. The van der Waals surface area contributed by atoms with E-state index >= 15 is 0 Å². The fraction of sp³-hybridized carbons (Fsp3) is 0.500. The molecule has 0 radical (unpaired) electrons. The van der Waals surface area contributed by atoms with E-state index in [1.54, 1.807) is 13.3 Å². The summed E-state index contributed by atoms with van der Waals surface area (Å²) in [5, 5.41) is 0. The third-order valence-electron chi connectivity index (χ3n) is 2.18. The normalized spacial score (nSPS) is 15.1. The summed E-state index contributed by atoms with van der Waals surface area (Å²) in [6, 6.07) is 2.02. The first-order valence-corrected chi connectivity index (χ1v) is 5.19. The highest BCUT2D eigenvalue weighted by Gasteiger charge is 2.11. The lowest BCUT2D eigenvalue weighted by Gasteiger charge is -2.14. The molecule has 0 aliphatic carbocycles. The number of nitrogens with zero attached hydrogens (tertiary/aromatic N) is 1. The van der Waals surface area contributed by atoms with Crippen molar-refractivity contribution < 1.29 is 4.74 Å². The van der Waals surface area contributed by atoms with E-state index in [4.69, 9.17) is 4.74 Å². The van der Waals surface area contributed by atoms with Crippen LogP contribution in [0.4, 0.5) is 0 Å². The molecular formula is C10H14BrNO. The van der Waals surface area contributed by atoms with Crippen LogP contribution in [-0.2, 0) is 0 Å². The van der Waals surface area contributed by atoms with Gasteiger partial charge in [-0.25, -0.2) is 0 Å². The zero-order valence-electron chi connectivity index (χ0n) is 8.12. The number of halogens is 1. The molecule has 0 amide bonds. The summed E-state index contributed by atoms with van der Waals surface area (Å²) in [7, 11) is 1.66. The van der Waals surface area contributed by atoms with Gasteiger partial charge in [0, 0.05) is 11.0 Å². The largest absolute Gasteiger partial charge is 0.495 e. The fourth-order valence-electron chi connectivity index (χ4n) is 1.06. The summed E-state index contributed by atoms with van der Waals surface area (Å²) in [6.07, 6.45) is 3.60. The molecule has 0 bridgehead atoms. The molecule has 2 nitrogen and oxygen atoms in total. The van der Waals surface area contributed by atoms with Gasteiger partial charge in [-0.3, -0.25) is 4.98 Å². The molecule has 2 atom stereocenters. The van der Waals surface area contributed by atoms with Gasteiger partial charge in [-0.1, -0.05) is 29.8 Å². The van der Waals surface area contributed by atoms with Gasteiger partial charge in [0.1, 0.15) is 5.75 Å². The lowest BCUT2D eigenvalue weighted by atomic mass is 10.0. The second kappa shape index (κ2) is 4.61. The van der Waals surface area contributed by atoms with Gasteiger partial charge in [-0.15, -0.1) is 0 Å². The molecule has 2 unspecified atom stereocenters. The van der Waals surface area contributed by atoms with Crippen molar-refractivity contribution in [2.24, 2.45) is 0 Å². The second-order valence-electron chi connectivity index (χ2n) is 3.12. The van der Waals surface area contributed by atoms with Crippen LogP contribution in [0.2, 0.25) is 0 Å². The summed E-state index contributed by atoms with van der Waals surface area (Å²) in [6.45, 7) is 4.29. The summed E-state index contributed by atoms with van der Waals surface area (Å²) in [4.78, 5) is 4.56. The van der Waals surface area contributed by atoms with Gasteiger partial charge in [-0.2, -0.15) is 0 Å². The summed E-state index contributed by atoms with van der Waals surface area (Å²) < 4.78 is 5.11. The highest BCUT2D eigenvalue weighted by molar-refractivity contribution is 9.09. The molecule has 0 aromatic carbocycles. The SMILES string of the molecule is COc1cncc(C(C)C(C)Br)c1. The Bertz CT molecular complexity index is 275. The standard InChI is InChI=1S/C10H14BrNO/c1-7(8(2)11)9-4-10(13-3)6-12-5-9/h4-8H,1-3H3. The van der Waals surface area contributed by atoms with E-state index < -0.39 is 0 Å². The molecule has 0 aliphatic rings. The van der Waals surface area contributed by atoms with E-state index in [1.807, 2.05) is 12.3 Å². The first kappa shape index (κ1) is 10.5. The van der Waals surface area contributed by atoms with Crippen molar-refractivity contribution in [1.82, 2.24) is 4.98 Å². The van der Waals surface area contributed by atoms with Crippen LogP contribution < -0.4 is 4.74 Å². The van der Waals surface area contributed by atoms with Crippen LogP contribution in [0.5, 0.6) is 5.75 Å². The van der Waals surface area contributed by atoms with Gasteiger partial charge in [0.2, 0.25) is 0 Å². The van der Waals surface area contributed by atoms with Gasteiger partial charge in [0.05, 0.1) is 13.3 Å². The highest BCUT2D eigenvalue weighted by Crippen LogP contribution is 2.25. The quantitative estimate of drug-likeness (QED) is 0.762. The van der Waals surface area contributed by atoms with Crippen LogP contribution in [0.1, 0.15) is 25.3 Å². The van der Waals surface area contributed by atoms with Crippen molar-refractivity contribution in [3.8, 4) is 5.75 Å². The lowest BCUT2D eigenvalue weighted by Crippen LogP contribution is -2.04. The molecule has 0 aliphatic heterocycles. The fourth-order valence-corrected chi connectivity index (χ4v) is 1.37. The molecule has 0 spiro atoms. The highest BCUT2D eigenvalue weighted by atomic mass is 79.9. The molecule has 0 saturated carbocycles. The van der Waals surface area contributed by atoms with Gasteiger partial charge in [0.15, 0.2) is 0 Å². The van der Waals surface area contributed by atoms with Gasteiger partial charge in [-0.05, 0) is 17.5 Å². The molecule has 1 aromatic rings. The predicted molar refractivity (Wildman–Crippen MR) is 57.6 cm³/mol. The molecule has 3 heteroatoms. The average molecular weight is 244 g/mol. The van der Waals surface area contributed by atoms with Crippen LogP contribution >= 0.6 is 15.9 Å². The maximum absolute atomic E-state index is 5.11. The minimum atomic E-state index is 0.446. The predicted octanol–water partition coefficient (Wildman–Crippen LogP) is 2.98. The van der Waals surface area contributed by atoms with E-state index in [-0.39, 0.29) is 0 Å². The Morgan fingerprint density at radius 1 is 1.38 bits per heavy atom. The van der Waals surface area contributed by atoms with Crippen molar-refractivity contribution in [2.45, 2.75) is 24.6 Å². The van der Waals surface area contributed by atoms with E-state index in [0.29, 0.717) is 10.7 Å². The van der Waals surface area contributed by atoms with Gasteiger partial charge < -0.3 is 4.74 Å². The number of rotatable bonds is 3. The number of pyridine rings is 1. The number of hydrogen-bond donors (Lipinski definition) is 0. The van der Waals surface area contributed by atoms with E-state index in [9.17, 15) is 0 Å². The Morgan fingerprint density at radius 2 is 2.08 bits per heavy atom. The van der Waals surface area contributed by atoms with Gasteiger partial charge >= 0.3 is 0 Å². The minimum Gasteiger partial charge on any atom is -0.495 e. The first-order chi connectivity index (χ1) is 6.15. The Morgan fingerprint density at radius 3 is 2.62 bits per heavy atom. The summed E-state index contributed by atoms with van der Waals surface area (Å²) >= 11 is 3.55. The zero-order valence-corrected chi connectivity index (χ0v) is 9.71. The number of ether oxygens (including phenoxy) is 1. The van der Waals surface area contributed by atoms with Crippen LogP contribution in [0.3, 0.4) is 0 Å². The molecule has 72 valence electrons. The van der Waals surface area contributed by atoms with Crippen LogP contribution in [0.25, 0.3) is 0 Å². The van der Waals surface area contributed by atoms with Crippen LogP contribution in [-0.4, -0.2) is 16.9 Å². The molecule has 0 fully saturated rings. The van der Waals surface area contributed by atoms with Crippen molar-refractivity contribution in [3.05, 3.63) is 24.0 Å². The van der Waals surface area contributed by atoms with Crippen molar-refractivity contribution in [1.29, 1.82) is 0 Å². The third kappa shape index (κ3) is 2.69. The minimum absolute atomic E-state index is 0.446. The maximum atomic E-state index is 5.11.